The third kappa shape index (κ3) is 4.63. The number of para-hydroxylation sites is 1. The van der Waals surface area contributed by atoms with E-state index in [2.05, 4.69) is 6.08 Å². The Hall–Kier alpha value is -1.31. The van der Waals surface area contributed by atoms with Crippen LogP contribution in [0.25, 0.3) is 0 Å². The summed E-state index contributed by atoms with van der Waals surface area (Å²) in [6, 6.07) is 6.50. The molecule has 1 rings (SSSR count). The second kappa shape index (κ2) is 7.04. The van der Waals surface area contributed by atoms with Gasteiger partial charge in [0.05, 0.1) is 6.61 Å². The lowest BCUT2D eigenvalue weighted by molar-refractivity contribution is 0.292. The van der Waals surface area contributed by atoms with E-state index in [-0.39, 0.29) is 5.82 Å². The van der Waals surface area contributed by atoms with Gasteiger partial charge in [-0.3, -0.25) is 0 Å². The van der Waals surface area contributed by atoms with E-state index in [0.29, 0.717) is 12.4 Å². The number of hydrogen-bond acceptors (Lipinski definition) is 1. The lowest BCUT2D eigenvalue weighted by Crippen LogP contribution is -1.98. The first kappa shape index (κ1) is 11.8. The molecule has 0 saturated carbocycles. The maximum Gasteiger partial charge on any atom is 0.165 e. The van der Waals surface area contributed by atoms with Crippen molar-refractivity contribution in [1.29, 1.82) is 0 Å². The van der Waals surface area contributed by atoms with E-state index in [9.17, 15) is 4.39 Å². The van der Waals surface area contributed by atoms with Crippen molar-refractivity contribution < 1.29 is 9.13 Å². The van der Waals surface area contributed by atoms with Crippen molar-refractivity contribution in [2.75, 3.05) is 6.61 Å². The van der Waals surface area contributed by atoms with Gasteiger partial charge in [-0.2, -0.15) is 0 Å². The molecule has 0 atom stereocenters. The van der Waals surface area contributed by atoms with Crippen molar-refractivity contribution in [2.24, 2.45) is 0 Å². The Labute approximate surface area is 90.6 Å². The molecule has 0 aliphatic carbocycles. The average molecular weight is 208 g/mol. The molecule has 1 aromatic carbocycles. The van der Waals surface area contributed by atoms with Gasteiger partial charge in [0.15, 0.2) is 11.6 Å². The third-order valence-electron chi connectivity index (χ3n) is 2.10. The van der Waals surface area contributed by atoms with Gasteiger partial charge in [-0.15, -0.1) is 0 Å². The number of allylic oxidation sites excluding steroid dienone is 2. The van der Waals surface area contributed by atoms with Gasteiger partial charge in [-0.1, -0.05) is 24.3 Å². The molecule has 0 fully saturated rings. The molecule has 82 valence electrons. The smallest absolute Gasteiger partial charge is 0.165 e. The fourth-order valence-corrected chi connectivity index (χ4v) is 1.27. The summed E-state index contributed by atoms with van der Waals surface area (Å²) >= 11 is 0. The van der Waals surface area contributed by atoms with Gasteiger partial charge in [0.2, 0.25) is 0 Å². The van der Waals surface area contributed by atoms with Gasteiger partial charge in [0.1, 0.15) is 0 Å². The predicted octanol–water partition coefficient (Wildman–Crippen LogP) is 3.95. The van der Waals surface area contributed by atoms with Crippen LogP contribution in [0.3, 0.4) is 0 Å². The van der Waals surface area contributed by atoms with Crippen LogP contribution in [0.4, 0.5) is 4.39 Å². The molecule has 0 aromatic heterocycles. The van der Waals surface area contributed by atoms with Gasteiger partial charge in [-0.25, -0.2) is 4.39 Å². The van der Waals surface area contributed by atoms with Crippen LogP contribution in [0.5, 0.6) is 5.75 Å². The monoisotopic (exact) mass is 208 g/mol. The van der Waals surface area contributed by atoms with Crippen LogP contribution in [0.15, 0.2) is 36.4 Å². The highest BCUT2D eigenvalue weighted by atomic mass is 19.1. The number of halogens is 1. The minimum Gasteiger partial charge on any atom is -0.491 e. The zero-order chi connectivity index (χ0) is 10.9. The fraction of sp³-hybridized carbons (Fsp3) is 0.385. The van der Waals surface area contributed by atoms with Crippen LogP contribution in [-0.2, 0) is 0 Å². The van der Waals surface area contributed by atoms with Crippen molar-refractivity contribution in [3.8, 4) is 5.75 Å². The molecule has 1 nitrogen and oxygen atoms in total. The zero-order valence-corrected chi connectivity index (χ0v) is 9.08. The normalized spacial score (nSPS) is 10.8. The summed E-state index contributed by atoms with van der Waals surface area (Å²) in [6.45, 7) is 2.59. The number of unbranched alkanes of at least 4 members (excludes halogenated alkanes) is 2. The molecule has 0 N–H and O–H groups in total. The number of ether oxygens (including phenoxy) is 1. The SMILES string of the molecule is C/C=C/CCCCOc1ccccc1F. The topological polar surface area (TPSA) is 9.23 Å². The largest absolute Gasteiger partial charge is 0.491 e. The van der Waals surface area contributed by atoms with Crippen molar-refractivity contribution in [3.63, 3.8) is 0 Å². The Balaban J connectivity index is 2.18. The van der Waals surface area contributed by atoms with E-state index in [4.69, 9.17) is 4.74 Å². The summed E-state index contributed by atoms with van der Waals surface area (Å²) in [4.78, 5) is 0. The Kier molecular flexibility index (Phi) is 5.52. The average Bonchev–Trinajstić information content (AvgIpc) is 2.25. The zero-order valence-electron chi connectivity index (χ0n) is 9.08. The van der Waals surface area contributed by atoms with Gasteiger partial charge < -0.3 is 4.74 Å². The summed E-state index contributed by atoms with van der Waals surface area (Å²) < 4.78 is 18.4. The highest BCUT2D eigenvalue weighted by Crippen LogP contribution is 2.15. The first-order chi connectivity index (χ1) is 7.34. The fourth-order valence-electron chi connectivity index (χ4n) is 1.27. The molecule has 15 heavy (non-hydrogen) atoms. The summed E-state index contributed by atoms with van der Waals surface area (Å²) in [5.74, 6) is 0.0643. The van der Waals surface area contributed by atoms with Crippen LogP contribution in [0.1, 0.15) is 26.2 Å². The second-order valence-electron chi connectivity index (χ2n) is 3.34. The van der Waals surface area contributed by atoms with E-state index in [1.807, 2.05) is 13.0 Å². The quantitative estimate of drug-likeness (QED) is 0.508. The lowest BCUT2D eigenvalue weighted by Gasteiger charge is -2.05. The van der Waals surface area contributed by atoms with Crippen LogP contribution in [0.2, 0.25) is 0 Å². The number of hydrogen-bond donors (Lipinski definition) is 0. The molecule has 0 aliphatic rings. The Morgan fingerprint density at radius 2 is 2.07 bits per heavy atom. The maximum atomic E-state index is 13.1. The summed E-state index contributed by atoms with van der Waals surface area (Å²) in [7, 11) is 0. The molecule has 2 heteroatoms. The first-order valence-corrected chi connectivity index (χ1v) is 5.33. The second-order valence-corrected chi connectivity index (χ2v) is 3.34. The Bertz CT molecular complexity index is 307. The van der Waals surface area contributed by atoms with Gasteiger partial charge >= 0.3 is 0 Å². The van der Waals surface area contributed by atoms with E-state index in [0.717, 1.165) is 19.3 Å². The van der Waals surface area contributed by atoms with Crippen molar-refractivity contribution in [2.45, 2.75) is 26.2 Å². The Morgan fingerprint density at radius 3 is 2.80 bits per heavy atom. The standard InChI is InChI=1S/C13H17FO/c1-2-3-4-5-8-11-15-13-10-7-6-9-12(13)14/h2-3,6-7,9-10H,4-5,8,11H2,1H3/b3-2+. The van der Waals surface area contributed by atoms with E-state index in [1.165, 1.54) is 6.07 Å². The minimum atomic E-state index is -0.286. The lowest BCUT2D eigenvalue weighted by atomic mass is 10.2. The van der Waals surface area contributed by atoms with Gasteiger partial charge in [0, 0.05) is 0 Å². The van der Waals surface area contributed by atoms with Crippen LogP contribution in [0, 0.1) is 5.82 Å². The Morgan fingerprint density at radius 1 is 1.27 bits per heavy atom. The van der Waals surface area contributed by atoms with Gasteiger partial charge in [-0.05, 0) is 38.3 Å². The highest BCUT2D eigenvalue weighted by molar-refractivity contribution is 5.23. The first-order valence-electron chi connectivity index (χ1n) is 5.33. The highest BCUT2D eigenvalue weighted by Gasteiger charge is 1.99. The molecule has 0 heterocycles. The minimum absolute atomic E-state index is 0.286. The van der Waals surface area contributed by atoms with Gasteiger partial charge in [0.25, 0.3) is 0 Å². The molecule has 0 bridgehead atoms. The van der Waals surface area contributed by atoms with E-state index >= 15 is 0 Å². The molecular formula is C13H17FO. The summed E-state index contributed by atoms with van der Waals surface area (Å²) in [5, 5.41) is 0. The van der Waals surface area contributed by atoms with Crippen molar-refractivity contribution in [3.05, 3.63) is 42.2 Å². The number of benzene rings is 1. The summed E-state index contributed by atoms with van der Waals surface area (Å²) in [5.41, 5.74) is 0. The van der Waals surface area contributed by atoms with E-state index < -0.39 is 0 Å². The van der Waals surface area contributed by atoms with Crippen molar-refractivity contribution >= 4 is 0 Å². The molecule has 0 unspecified atom stereocenters. The molecule has 0 amide bonds. The molecule has 0 spiro atoms. The van der Waals surface area contributed by atoms with Crippen molar-refractivity contribution in [1.82, 2.24) is 0 Å². The molecule has 1 aromatic rings. The molecule has 0 radical (unpaired) electrons. The van der Waals surface area contributed by atoms with E-state index in [1.54, 1.807) is 18.2 Å². The molecule has 0 saturated heterocycles. The third-order valence-corrected chi connectivity index (χ3v) is 2.10. The molecular weight excluding hydrogens is 191 g/mol. The van der Waals surface area contributed by atoms with Crippen LogP contribution < -0.4 is 4.74 Å². The molecule has 0 aliphatic heterocycles. The predicted molar refractivity (Wildman–Crippen MR) is 60.6 cm³/mol. The maximum absolute atomic E-state index is 13.1. The summed E-state index contributed by atoms with van der Waals surface area (Å²) in [6.07, 6.45) is 7.27. The number of rotatable bonds is 6. The van der Waals surface area contributed by atoms with Crippen LogP contribution in [-0.4, -0.2) is 6.61 Å². The van der Waals surface area contributed by atoms with Crippen LogP contribution >= 0.6 is 0 Å².